The molecule has 0 atom stereocenters. The van der Waals surface area contributed by atoms with E-state index in [1.54, 1.807) is 0 Å². The lowest BCUT2D eigenvalue weighted by atomic mass is 9.91. The summed E-state index contributed by atoms with van der Waals surface area (Å²) in [6.07, 6.45) is 4.32. The lowest BCUT2D eigenvalue weighted by Crippen LogP contribution is -2.53. The average Bonchev–Trinajstić information content (AvgIpc) is 2.49. The molecule has 0 aromatic heterocycles. The minimum Gasteiger partial charge on any atom is -0.370 e. The summed E-state index contributed by atoms with van der Waals surface area (Å²) in [6.45, 7) is 5.49. The Hall–Kier alpha value is -0.640. The molecule has 0 radical (unpaired) electrons. The Balaban J connectivity index is 2.14. The number of guanidine groups is 1. The first-order valence-corrected chi connectivity index (χ1v) is 6.20. The number of hydrogen-bond donors (Lipinski definition) is 1. The molecule has 1 saturated heterocycles. The quantitative estimate of drug-likeness (QED) is 0.695. The van der Waals surface area contributed by atoms with Crippen LogP contribution in [0, 0.1) is 0 Å². The smallest absolute Gasteiger partial charge is 0.192 e. The normalized spacial score (nSPS) is 25.1. The molecule has 0 aromatic carbocycles. The predicted molar refractivity (Wildman–Crippen MR) is 62.7 cm³/mol. The van der Waals surface area contributed by atoms with Gasteiger partial charge in [0.25, 0.3) is 0 Å². The van der Waals surface area contributed by atoms with Crippen LogP contribution in [-0.2, 0) is 0 Å². The topological polar surface area (TPSA) is 41.6 Å². The highest BCUT2D eigenvalue weighted by Crippen LogP contribution is 2.35. The number of rotatable bonds is 2. The zero-order valence-corrected chi connectivity index (χ0v) is 9.22. The molecular formula is C10H17N3S. The maximum atomic E-state index is 5.89. The summed E-state index contributed by atoms with van der Waals surface area (Å²) in [4.78, 5) is 6.61. The molecule has 2 aliphatic rings. The Morgan fingerprint density at radius 3 is 2.93 bits per heavy atom. The van der Waals surface area contributed by atoms with Crippen molar-refractivity contribution in [3.05, 3.63) is 12.7 Å². The van der Waals surface area contributed by atoms with Crippen molar-refractivity contribution < 1.29 is 0 Å². The number of thioether (sulfide) groups is 1. The van der Waals surface area contributed by atoms with Crippen molar-refractivity contribution in [2.24, 2.45) is 10.7 Å². The summed E-state index contributed by atoms with van der Waals surface area (Å²) in [5.41, 5.74) is 6.12. The van der Waals surface area contributed by atoms with Crippen molar-refractivity contribution in [2.75, 3.05) is 24.6 Å². The van der Waals surface area contributed by atoms with Gasteiger partial charge >= 0.3 is 0 Å². The Labute approximate surface area is 89.4 Å². The third-order valence-electron chi connectivity index (χ3n) is 3.12. The average molecular weight is 211 g/mol. The summed E-state index contributed by atoms with van der Waals surface area (Å²) in [5, 5.41) is 0. The summed E-state index contributed by atoms with van der Waals surface area (Å²) < 4.78 is 0. The Kier molecular flexibility index (Phi) is 2.72. The molecule has 4 heteroatoms. The van der Waals surface area contributed by atoms with Crippen LogP contribution < -0.4 is 5.73 Å². The minimum absolute atomic E-state index is 0.226. The van der Waals surface area contributed by atoms with Crippen LogP contribution in [0.3, 0.4) is 0 Å². The molecule has 1 spiro atoms. The molecule has 0 bridgehead atoms. The molecule has 0 unspecified atom stereocenters. The van der Waals surface area contributed by atoms with Crippen LogP contribution in [0.5, 0.6) is 0 Å². The van der Waals surface area contributed by atoms with Crippen LogP contribution in [0.2, 0.25) is 0 Å². The maximum Gasteiger partial charge on any atom is 0.192 e. The summed E-state index contributed by atoms with van der Waals surface area (Å²) in [6, 6.07) is 0. The third kappa shape index (κ3) is 1.52. The van der Waals surface area contributed by atoms with Gasteiger partial charge in [-0.15, -0.1) is 6.58 Å². The highest BCUT2D eigenvalue weighted by atomic mass is 32.2. The van der Waals surface area contributed by atoms with E-state index in [0.717, 1.165) is 13.1 Å². The van der Waals surface area contributed by atoms with Gasteiger partial charge in [-0.25, -0.2) is 0 Å². The molecule has 14 heavy (non-hydrogen) atoms. The molecule has 0 aromatic rings. The first kappa shape index (κ1) is 9.90. The number of hydrogen-bond acceptors (Lipinski definition) is 4. The molecule has 2 aliphatic heterocycles. The van der Waals surface area contributed by atoms with Crippen molar-refractivity contribution in [1.29, 1.82) is 0 Å². The van der Waals surface area contributed by atoms with E-state index in [1.807, 2.05) is 17.8 Å². The van der Waals surface area contributed by atoms with Crippen molar-refractivity contribution in [3.63, 3.8) is 0 Å². The van der Waals surface area contributed by atoms with Gasteiger partial charge in [0.05, 0.1) is 12.1 Å². The van der Waals surface area contributed by atoms with Gasteiger partial charge in [0.15, 0.2) is 5.96 Å². The fourth-order valence-corrected chi connectivity index (χ4v) is 3.49. The van der Waals surface area contributed by atoms with Crippen LogP contribution in [0.25, 0.3) is 0 Å². The monoisotopic (exact) mass is 211 g/mol. The molecule has 0 aliphatic carbocycles. The molecule has 0 saturated carbocycles. The van der Waals surface area contributed by atoms with Crippen molar-refractivity contribution in [3.8, 4) is 0 Å². The van der Waals surface area contributed by atoms with E-state index in [1.165, 1.54) is 24.3 Å². The van der Waals surface area contributed by atoms with Gasteiger partial charge in [0, 0.05) is 6.54 Å². The second-order valence-electron chi connectivity index (χ2n) is 3.91. The van der Waals surface area contributed by atoms with Gasteiger partial charge < -0.3 is 10.6 Å². The van der Waals surface area contributed by atoms with Crippen molar-refractivity contribution >= 4 is 17.7 Å². The summed E-state index contributed by atoms with van der Waals surface area (Å²) in [7, 11) is 0. The standard InChI is InChI=1S/C10H17N3S/c1-2-5-13-9(11)12-8-10(13)3-6-14-7-4-10/h2H,1,3-8H2,(H2,11,12). The summed E-state index contributed by atoms with van der Waals surface area (Å²) >= 11 is 2.03. The maximum absolute atomic E-state index is 5.89. The molecule has 1 fully saturated rings. The highest BCUT2D eigenvalue weighted by molar-refractivity contribution is 7.99. The molecule has 78 valence electrons. The fraction of sp³-hybridized carbons (Fsp3) is 0.700. The highest BCUT2D eigenvalue weighted by Gasteiger charge is 2.42. The van der Waals surface area contributed by atoms with E-state index in [2.05, 4.69) is 16.5 Å². The van der Waals surface area contributed by atoms with Gasteiger partial charge in [-0.1, -0.05) is 6.08 Å². The van der Waals surface area contributed by atoms with Crippen LogP contribution in [-0.4, -0.2) is 41.0 Å². The van der Waals surface area contributed by atoms with Gasteiger partial charge in [0.2, 0.25) is 0 Å². The second-order valence-corrected chi connectivity index (χ2v) is 5.14. The molecule has 0 amide bonds. The molecule has 2 rings (SSSR count). The van der Waals surface area contributed by atoms with Crippen LogP contribution >= 0.6 is 11.8 Å². The molecule has 2 N–H and O–H groups in total. The lowest BCUT2D eigenvalue weighted by Gasteiger charge is -2.41. The SMILES string of the molecule is C=CCN1C(N)=NCC12CCSCC2. The molecule has 3 nitrogen and oxygen atoms in total. The Morgan fingerprint density at radius 1 is 1.57 bits per heavy atom. The van der Waals surface area contributed by atoms with Crippen LogP contribution in [0.4, 0.5) is 0 Å². The van der Waals surface area contributed by atoms with E-state index in [9.17, 15) is 0 Å². The van der Waals surface area contributed by atoms with Gasteiger partial charge in [0.1, 0.15) is 0 Å². The Bertz CT molecular complexity index is 256. The largest absolute Gasteiger partial charge is 0.370 e. The van der Waals surface area contributed by atoms with Crippen molar-refractivity contribution in [1.82, 2.24) is 4.90 Å². The van der Waals surface area contributed by atoms with E-state index in [4.69, 9.17) is 5.73 Å². The van der Waals surface area contributed by atoms with Gasteiger partial charge in [-0.05, 0) is 24.3 Å². The minimum atomic E-state index is 0.226. The zero-order chi connectivity index (χ0) is 10.0. The van der Waals surface area contributed by atoms with E-state index in [-0.39, 0.29) is 5.54 Å². The zero-order valence-electron chi connectivity index (χ0n) is 8.41. The van der Waals surface area contributed by atoms with E-state index in [0.29, 0.717) is 5.96 Å². The summed E-state index contributed by atoms with van der Waals surface area (Å²) in [5.74, 6) is 3.17. The van der Waals surface area contributed by atoms with Gasteiger partial charge in [-0.2, -0.15) is 11.8 Å². The first-order valence-electron chi connectivity index (χ1n) is 5.05. The fourth-order valence-electron chi connectivity index (χ4n) is 2.24. The number of aliphatic imine (C=N–C) groups is 1. The Morgan fingerprint density at radius 2 is 2.29 bits per heavy atom. The van der Waals surface area contributed by atoms with Crippen LogP contribution in [0.15, 0.2) is 17.6 Å². The van der Waals surface area contributed by atoms with E-state index >= 15 is 0 Å². The number of nitrogens with two attached hydrogens (primary N) is 1. The van der Waals surface area contributed by atoms with E-state index < -0.39 is 0 Å². The second kappa shape index (κ2) is 3.85. The number of nitrogens with zero attached hydrogens (tertiary/aromatic N) is 2. The first-order chi connectivity index (χ1) is 6.78. The molecular weight excluding hydrogens is 194 g/mol. The predicted octanol–water partition coefficient (Wildman–Crippen LogP) is 1.07. The van der Waals surface area contributed by atoms with Crippen LogP contribution in [0.1, 0.15) is 12.8 Å². The lowest BCUT2D eigenvalue weighted by molar-refractivity contribution is 0.200. The molecule has 2 heterocycles. The van der Waals surface area contributed by atoms with Gasteiger partial charge in [-0.3, -0.25) is 4.99 Å². The van der Waals surface area contributed by atoms with Crippen molar-refractivity contribution in [2.45, 2.75) is 18.4 Å². The third-order valence-corrected chi connectivity index (χ3v) is 4.11.